The van der Waals surface area contributed by atoms with Gasteiger partial charge in [-0.25, -0.2) is 0 Å². The van der Waals surface area contributed by atoms with Crippen molar-refractivity contribution < 1.29 is 19.1 Å². The monoisotopic (exact) mass is 262 g/mol. The number of nitrogens with one attached hydrogen (secondary N) is 2. The standard InChI is InChI=1S/C13H14N2O4/c1-14-12(16)9-2-4-10(5-3-9)15-13(17)11-8-18-6-7-19-11/h2-5,8H,6-7H2,1H3,(H,14,16)(H,15,17). The smallest absolute Gasteiger partial charge is 0.294 e. The summed E-state index contributed by atoms with van der Waals surface area (Å²) in [6.07, 6.45) is 1.29. The molecule has 0 bridgehead atoms. The fourth-order valence-corrected chi connectivity index (χ4v) is 1.53. The van der Waals surface area contributed by atoms with E-state index < -0.39 is 0 Å². The van der Waals surface area contributed by atoms with Crippen LogP contribution in [0.15, 0.2) is 36.3 Å². The summed E-state index contributed by atoms with van der Waals surface area (Å²) in [5.41, 5.74) is 1.10. The normalized spacial score (nSPS) is 13.6. The molecule has 0 spiro atoms. The molecule has 6 nitrogen and oxygen atoms in total. The Morgan fingerprint density at radius 3 is 2.42 bits per heavy atom. The molecule has 0 atom stereocenters. The molecule has 0 saturated carbocycles. The summed E-state index contributed by atoms with van der Waals surface area (Å²) in [7, 11) is 1.56. The Morgan fingerprint density at radius 1 is 1.11 bits per heavy atom. The van der Waals surface area contributed by atoms with Crippen molar-refractivity contribution in [3.63, 3.8) is 0 Å². The fourth-order valence-electron chi connectivity index (χ4n) is 1.53. The second kappa shape index (κ2) is 5.90. The van der Waals surface area contributed by atoms with Gasteiger partial charge in [0.2, 0.25) is 5.76 Å². The first-order chi connectivity index (χ1) is 9.20. The Kier molecular flexibility index (Phi) is 4.02. The van der Waals surface area contributed by atoms with Crippen molar-refractivity contribution >= 4 is 17.5 Å². The summed E-state index contributed by atoms with van der Waals surface area (Å²) in [4.78, 5) is 23.1. The third kappa shape index (κ3) is 3.25. The molecule has 19 heavy (non-hydrogen) atoms. The summed E-state index contributed by atoms with van der Waals surface area (Å²) in [5.74, 6) is -0.418. The van der Waals surface area contributed by atoms with E-state index in [2.05, 4.69) is 10.6 Å². The molecule has 0 radical (unpaired) electrons. The highest BCUT2D eigenvalue weighted by molar-refractivity contribution is 6.02. The second-order valence-electron chi connectivity index (χ2n) is 3.81. The SMILES string of the molecule is CNC(=O)c1ccc(NC(=O)C2=COCCO2)cc1. The van der Waals surface area contributed by atoms with Gasteiger partial charge in [0.05, 0.1) is 0 Å². The van der Waals surface area contributed by atoms with E-state index in [-0.39, 0.29) is 17.6 Å². The number of hydrogen-bond donors (Lipinski definition) is 2. The van der Waals surface area contributed by atoms with E-state index in [1.54, 1.807) is 31.3 Å². The van der Waals surface area contributed by atoms with Crippen LogP contribution < -0.4 is 10.6 Å². The number of ether oxygens (including phenoxy) is 2. The molecule has 1 aliphatic rings. The molecule has 2 rings (SSSR count). The molecule has 100 valence electrons. The van der Waals surface area contributed by atoms with E-state index in [1.807, 2.05) is 0 Å². The van der Waals surface area contributed by atoms with Crippen LogP contribution in [0, 0.1) is 0 Å². The molecule has 1 heterocycles. The molecule has 0 fully saturated rings. The first-order valence-corrected chi connectivity index (χ1v) is 5.79. The van der Waals surface area contributed by atoms with Crippen LogP contribution in [0.5, 0.6) is 0 Å². The highest BCUT2D eigenvalue weighted by Crippen LogP contribution is 2.12. The summed E-state index contributed by atoms with van der Waals surface area (Å²) >= 11 is 0. The lowest BCUT2D eigenvalue weighted by Gasteiger charge is -2.15. The van der Waals surface area contributed by atoms with Crippen LogP contribution >= 0.6 is 0 Å². The lowest BCUT2D eigenvalue weighted by Crippen LogP contribution is -2.21. The average molecular weight is 262 g/mol. The van der Waals surface area contributed by atoms with Crippen molar-refractivity contribution in [2.45, 2.75) is 0 Å². The van der Waals surface area contributed by atoms with Gasteiger partial charge >= 0.3 is 0 Å². The molecule has 0 aliphatic carbocycles. The third-order valence-corrected chi connectivity index (χ3v) is 2.50. The summed E-state index contributed by atoms with van der Waals surface area (Å²) < 4.78 is 10.2. The first-order valence-electron chi connectivity index (χ1n) is 5.79. The predicted molar refractivity (Wildman–Crippen MR) is 68.4 cm³/mol. The van der Waals surface area contributed by atoms with Crippen molar-refractivity contribution in [1.29, 1.82) is 0 Å². The van der Waals surface area contributed by atoms with Gasteiger partial charge in [0.15, 0.2) is 0 Å². The minimum absolute atomic E-state index is 0.140. The van der Waals surface area contributed by atoms with E-state index in [0.717, 1.165) is 0 Å². The molecule has 1 aromatic carbocycles. The molecular weight excluding hydrogens is 248 g/mol. The van der Waals surface area contributed by atoms with Gasteiger partial charge < -0.3 is 20.1 Å². The number of anilines is 1. The molecule has 0 aromatic heterocycles. The Labute approximate surface area is 110 Å². The topological polar surface area (TPSA) is 76.7 Å². The van der Waals surface area contributed by atoms with Crippen LogP contribution in [0.2, 0.25) is 0 Å². The minimum Gasteiger partial charge on any atom is -0.494 e. The maximum atomic E-state index is 11.8. The van der Waals surface area contributed by atoms with Crippen LogP contribution in [-0.4, -0.2) is 32.1 Å². The van der Waals surface area contributed by atoms with Gasteiger partial charge in [-0.15, -0.1) is 0 Å². The number of benzene rings is 1. The third-order valence-electron chi connectivity index (χ3n) is 2.50. The Balaban J connectivity index is 2.01. The van der Waals surface area contributed by atoms with Crippen LogP contribution in [0.1, 0.15) is 10.4 Å². The van der Waals surface area contributed by atoms with E-state index >= 15 is 0 Å². The fraction of sp³-hybridized carbons (Fsp3) is 0.231. The first kappa shape index (κ1) is 12.9. The van der Waals surface area contributed by atoms with E-state index in [9.17, 15) is 9.59 Å². The van der Waals surface area contributed by atoms with Crippen molar-refractivity contribution in [2.75, 3.05) is 25.6 Å². The molecule has 0 unspecified atom stereocenters. The minimum atomic E-state index is -0.382. The van der Waals surface area contributed by atoms with Crippen LogP contribution in [0.3, 0.4) is 0 Å². The molecule has 6 heteroatoms. The lowest BCUT2D eigenvalue weighted by atomic mass is 10.2. The quantitative estimate of drug-likeness (QED) is 0.847. The van der Waals surface area contributed by atoms with Crippen molar-refractivity contribution in [2.24, 2.45) is 0 Å². The van der Waals surface area contributed by atoms with Gasteiger partial charge in [-0.05, 0) is 24.3 Å². The van der Waals surface area contributed by atoms with Gasteiger partial charge in [-0.1, -0.05) is 0 Å². The predicted octanol–water partition coefficient (Wildman–Crippen LogP) is 0.873. The van der Waals surface area contributed by atoms with E-state index in [0.29, 0.717) is 24.5 Å². The van der Waals surface area contributed by atoms with Crippen molar-refractivity contribution in [3.8, 4) is 0 Å². The molecular formula is C13H14N2O4. The molecule has 1 aromatic rings. The van der Waals surface area contributed by atoms with Gasteiger partial charge in [0.25, 0.3) is 11.8 Å². The van der Waals surface area contributed by atoms with Gasteiger partial charge in [0, 0.05) is 18.3 Å². The van der Waals surface area contributed by atoms with Crippen LogP contribution in [0.4, 0.5) is 5.69 Å². The van der Waals surface area contributed by atoms with Crippen molar-refractivity contribution in [3.05, 3.63) is 41.9 Å². The van der Waals surface area contributed by atoms with Crippen molar-refractivity contribution in [1.82, 2.24) is 5.32 Å². The molecule has 1 aliphatic heterocycles. The maximum absolute atomic E-state index is 11.8. The lowest BCUT2D eigenvalue weighted by molar-refractivity contribution is -0.117. The van der Waals surface area contributed by atoms with Crippen LogP contribution in [-0.2, 0) is 14.3 Å². The summed E-state index contributed by atoms with van der Waals surface area (Å²) in [6, 6.07) is 6.54. The molecule has 0 saturated heterocycles. The maximum Gasteiger partial charge on any atom is 0.294 e. The number of rotatable bonds is 3. The van der Waals surface area contributed by atoms with E-state index in [4.69, 9.17) is 9.47 Å². The molecule has 2 N–H and O–H groups in total. The number of hydrogen-bond acceptors (Lipinski definition) is 4. The number of carbonyl (C=O) groups excluding carboxylic acids is 2. The highest BCUT2D eigenvalue weighted by atomic mass is 16.6. The number of carbonyl (C=O) groups is 2. The summed E-state index contributed by atoms with van der Waals surface area (Å²) in [5, 5.41) is 5.17. The zero-order valence-electron chi connectivity index (χ0n) is 10.4. The largest absolute Gasteiger partial charge is 0.494 e. The second-order valence-corrected chi connectivity index (χ2v) is 3.81. The van der Waals surface area contributed by atoms with E-state index in [1.165, 1.54) is 6.26 Å². The average Bonchev–Trinajstić information content (AvgIpc) is 2.48. The Hall–Kier alpha value is -2.50. The van der Waals surface area contributed by atoms with Gasteiger partial charge in [-0.3, -0.25) is 9.59 Å². The zero-order chi connectivity index (χ0) is 13.7. The summed E-state index contributed by atoms with van der Waals surface area (Å²) in [6.45, 7) is 0.798. The zero-order valence-corrected chi connectivity index (χ0v) is 10.4. The molecule has 2 amide bonds. The van der Waals surface area contributed by atoms with Crippen LogP contribution in [0.25, 0.3) is 0 Å². The van der Waals surface area contributed by atoms with Gasteiger partial charge in [-0.2, -0.15) is 0 Å². The Bertz CT molecular complexity index is 508. The number of amides is 2. The van der Waals surface area contributed by atoms with Gasteiger partial charge in [0.1, 0.15) is 19.5 Å². The Morgan fingerprint density at radius 2 is 1.84 bits per heavy atom. The highest BCUT2D eigenvalue weighted by Gasteiger charge is 2.15.